The monoisotopic (exact) mass is 209 g/mol. The van der Waals surface area contributed by atoms with Crippen LogP contribution in [0.15, 0.2) is 30.3 Å². The van der Waals surface area contributed by atoms with Gasteiger partial charge in [0.05, 0.1) is 12.8 Å². The van der Waals surface area contributed by atoms with Gasteiger partial charge in [-0.15, -0.1) is 0 Å². The molecule has 0 aliphatic carbocycles. The Morgan fingerprint density at radius 1 is 1.33 bits per heavy atom. The van der Waals surface area contributed by atoms with Crippen molar-refractivity contribution in [2.45, 2.75) is 12.5 Å². The molecule has 0 fully saturated rings. The van der Waals surface area contributed by atoms with E-state index in [-0.39, 0.29) is 6.10 Å². The van der Waals surface area contributed by atoms with Crippen LogP contribution < -0.4 is 0 Å². The zero-order valence-corrected chi connectivity index (χ0v) is 9.39. The predicted octanol–water partition coefficient (Wildman–Crippen LogP) is 1.65. The van der Waals surface area contributed by atoms with Gasteiger partial charge in [-0.3, -0.25) is 4.90 Å². The van der Waals surface area contributed by atoms with Crippen LogP contribution >= 0.6 is 0 Å². The first-order valence-electron chi connectivity index (χ1n) is 5.14. The van der Waals surface area contributed by atoms with Gasteiger partial charge in [0.2, 0.25) is 0 Å². The Bertz CT molecular complexity index is 264. The molecule has 3 heteroatoms. The Morgan fingerprint density at radius 2 is 2.00 bits per heavy atom. The molecule has 84 valence electrons. The average molecular weight is 209 g/mol. The van der Waals surface area contributed by atoms with E-state index >= 15 is 0 Å². The van der Waals surface area contributed by atoms with Crippen molar-refractivity contribution >= 4 is 0 Å². The molecule has 0 bridgehead atoms. The standard InChI is InChI=1S/C12H19NO2/c1-13(10-15-2)9-8-12(14)11-6-4-3-5-7-11/h3-7,12,14H,8-10H2,1-2H3. The summed E-state index contributed by atoms with van der Waals surface area (Å²) in [5, 5.41) is 9.87. The Balaban J connectivity index is 2.33. The molecule has 1 rings (SSSR count). The van der Waals surface area contributed by atoms with Crippen LogP contribution in [0.3, 0.4) is 0 Å². The lowest BCUT2D eigenvalue weighted by Crippen LogP contribution is -2.23. The van der Waals surface area contributed by atoms with E-state index in [4.69, 9.17) is 4.74 Å². The van der Waals surface area contributed by atoms with Crippen molar-refractivity contribution in [1.82, 2.24) is 4.90 Å². The van der Waals surface area contributed by atoms with Crippen LogP contribution in [0, 0.1) is 0 Å². The quantitative estimate of drug-likeness (QED) is 0.723. The van der Waals surface area contributed by atoms with Gasteiger partial charge in [0.1, 0.15) is 0 Å². The molecular weight excluding hydrogens is 190 g/mol. The van der Waals surface area contributed by atoms with Crippen molar-refractivity contribution in [2.24, 2.45) is 0 Å². The highest BCUT2D eigenvalue weighted by molar-refractivity contribution is 5.17. The number of benzene rings is 1. The second-order valence-corrected chi connectivity index (χ2v) is 3.71. The molecule has 0 amide bonds. The topological polar surface area (TPSA) is 32.7 Å². The molecule has 0 heterocycles. The Kier molecular flexibility index (Phi) is 5.32. The van der Waals surface area contributed by atoms with Crippen molar-refractivity contribution in [3.63, 3.8) is 0 Å². The Labute approximate surface area is 91.3 Å². The summed E-state index contributed by atoms with van der Waals surface area (Å²) in [6.45, 7) is 1.42. The lowest BCUT2D eigenvalue weighted by atomic mass is 10.1. The summed E-state index contributed by atoms with van der Waals surface area (Å²) < 4.78 is 4.99. The van der Waals surface area contributed by atoms with E-state index in [1.807, 2.05) is 42.3 Å². The average Bonchev–Trinajstić information content (AvgIpc) is 2.27. The van der Waals surface area contributed by atoms with E-state index < -0.39 is 0 Å². The molecular formula is C12H19NO2. The highest BCUT2D eigenvalue weighted by Crippen LogP contribution is 2.15. The third-order valence-corrected chi connectivity index (χ3v) is 2.32. The highest BCUT2D eigenvalue weighted by Gasteiger charge is 2.07. The first kappa shape index (κ1) is 12.2. The maximum absolute atomic E-state index is 9.87. The molecule has 3 nitrogen and oxygen atoms in total. The van der Waals surface area contributed by atoms with Crippen LogP contribution in [-0.4, -0.2) is 37.4 Å². The van der Waals surface area contributed by atoms with Gasteiger partial charge in [0.15, 0.2) is 0 Å². The van der Waals surface area contributed by atoms with Crippen molar-refractivity contribution in [2.75, 3.05) is 27.4 Å². The van der Waals surface area contributed by atoms with E-state index in [9.17, 15) is 5.11 Å². The lowest BCUT2D eigenvalue weighted by molar-refractivity contribution is 0.0668. The van der Waals surface area contributed by atoms with Crippen LogP contribution in [0.25, 0.3) is 0 Å². The largest absolute Gasteiger partial charge is 0.388 e. The number of aliphatic hydroxyl groups is 1. The third kappa shape index (κ3) is 4.42. The van der Waals surface area contributed by atoms with Gasteiger partial charge in [-0.1, -0.05) is 30.3 Å². The van der Waals surface area contributed by atoms with E-state index in [0.29, 0.717) is 6.73 Å². The molecule has 0 aromatic heterocycles. The van der Waals surface area contributed by atoms with E-state index in [2.05, 4.69) is 0 Å². The number of methoxy groups -OCH3 is 1. The summed E-state index contributed by atoms with van der Waals surface area (Å²) >= 11 is 0. The van der Waals surface area contributed by atoms with Gasteiger partial charge in [-0.2, -0.15) is 0 Å². The normalized spacial score (nSPS) is 13.1. The maximum Gasteiger partial charge on any atom is 0.0983 e. The van der Waals surface area contributed by atoms with E-state index in [1.54, 1.807) is 7.11 Å². The number of hydrogen-bond acceptors (Lipinski definition) is 3. The molecule has 0 aliphatic rings. The minimum absolute atomic E-state index is 0.384. The van der Waals surface area contributed by atoms with Crippen molar-refractivity contribution in [3.8, 4) is 0 Å². The summed E-state index contributed by atoms with van der Waals surface area (Å²) in [4.78, 5) is 2.03. The zero-order valence-electron chi connectivity index (χ0n) is 9.39. The Hall–Kier alpha value is -0.900. The molecule has 0 aliphatic heterocycles. The van der Waals surface area contributed by atoms with Crippen LogP contribution in [0.4, 0.5) is 0 Å². The first-order chi connectivity index (χ1) is 7.24. The Morgan fingerprint density at radius 3 is 2.60 bits per heavy atom. The summed E-state index contributed by atoms with van der Waals surface area (Å²) in [6.07, 6.45) is 0.342. The number of nitrogens with zero attached hydrogens (tertiary/aromatic N) is 1. The third-order valence-electron chi connectivity index (χ3n) is 2.32. The lowest BCUT2D eigenvalue weighted by Gasteiger charge is -2.17. The second kappa shape index (κ2) is 6.56. The van der Waals surface area contributed by atoms with Crippen molar-refractivity contribution < 1.29 is 9.84 Å². The molecule has 1 aromatic carbocycles. The molecule has 1 atom stereocenters. The fourth-order valence-corrected chi connectivity index (χ4v) is 1.47. The molecule has 0 radical (unpaired) electrons. The highest BCUT2D eigenvalue weighted by atomic mass is 16.5. The fraction of sp³-hybridized carbons (Fsp3) is 0.500. The molecule has 1 unspecified atom stereocenters. The molecule has 1 N–H and O–H groups in total. The zero-order chi connectivity index (χ0) is 11.1. The van der Waals surface area contributed by atoms with Crippen LogP contribution in [-0.2, 0) is 4.74 Å². The molecule has 15 heavy (non-hydrogen) atoms. The SMILES string of the molecule is COCN(C)CCC(O)c1ccccc1. The number of hydrogen-bond donors (Lipinski definition) is 1. The first-order valence-corrected chi connectivity index (χ1v) is 5.14. The van der Waals surface area contributed by atoms with Gasteiger partial charge < -0.3 is 9.84 Å². The van der Waals surface area contributed by atoms with Gasteiger partial charge in [-0.05, 0) is 19.0 Å². The summed E-state index contributed by atoms with van der Waals surface area (Å²) in [5.41, 5.74) is 0.975. The van der Waals surface area contributed by atoms with Gasteiger partial charge in [0, 0.05) is 13.7 Å². The smallest absolute Gasteiger partial charge is 0.0983 e. The number of ether oxygens (including phenoxy) is 1. The van der Waals surface area contributed by atoms with Crippen molar-refractivity contribution in [1.29, 1.82) is 0 Å². The predicted molar refractivity (Wildman–Crippen MR) is 60.5 cm³/mol. The minimum atomic E-state index is -0.384. The van der Waals surface area contributed by atoms with E-state index in [1.165, 1.54) is 0 Å². The molecule has 1 aromatic rings. The van der Waals surface area contributed by atoms with E-state index in [0.717, 1.165) is 18.5 Å². The van der Waals surface area contributed by atoms with Crippen LogP contribution in [0.5, 0.6) is 0 Å². The summed E-state index contributed by atoms with van der Waals surface area (Å²) in [6, 6.07) is 9.73. The van der Waals surface area contributed by atoms with Gasteiger partial charge in [-0.25, -0.2) is 0 Å². The summed E-state index contributed by atoms with van der Waals surface area (Å²) in [7, 11) is 3.64. The van der Waals surface area contributed by atoms with Gasteiger partial charge >= 0.3 is 0 Å². The molecule has 0 saturated heterocycles. The molecule has 0 saturated carbocycles. The number of rotatable bonds is 6. The van der Waals surface area contributed by atoms with Crippen molar-refractivity contribution in [3.05, 3.63) is 35.9 Å². The maximum atomic E-state index is 9.87. The fourth-order valence-electron chi connectivity index (χ4n) is 1.47. The van der Waals surface area contributed by atoms with Crippen LogP contribution in [0.2, 0.25) is 0 Å². The minimum Gasteiger partial charge on any atom is -0.388 e. The summed E-state index contributed by atoms with van der Waals surface area (Å²) in [5.74, 6) is 0. The van der Waals surface area contributed by atoms with Crippen LogP contribution in [0.1, 0.15) is 18.1 Å². The molecule has 0 spiro atoms. The number of aliphatic hydroxyl groups excluding tert-OH is 1. The second-order valence-electron chi connectivity index (χ2n) is 3.71. The van der Waals surface area contributed by atoms with Gasteiger partial charge in [0.25, 0.3) is 0 Å².